The molecule has 0 amide bonds. The van der Waals surface area contributed by atoms with Gasteiger partial charge in [-0.3, -0.25) is 19.2 Å². The van der Waals surface area contributed by atoms with Crippen molar-refractivity contribution in [2.75, 3.05) is 0 Å². The third kappa shape index (κ3) is 6.09. The standard InChI is InChI=1S/2C5H9NO4.Al/c2*6-3(5(9)10)1-2-4(7)8;/h2*3H,1-2,6H2,(H,7,8)(H,9,10);/q;;+3/p-3/t2*3-;/m00./s1. The fourth-order valence-corrected chi connectivity index (χ4v) is 2.55. The summed E-state index contributed by atoms with van der Waals surface area (Å²) in [7, 11) is 0. The molecule has 21 heavy (non-hydrogen) atoms. The number of rotatable bonds is 5. The molecule has 1 aliphatic heterocycles. The van der Waals surface area contributed by atoms with Crippen LogP contribution in [-0.2, 0) is 30.5 Å². The molecule has 10 nitrogen and oxygen atoms in total. The average Bonchev–Trinajstić information content (AvgIpc) is 2.40. The number of carboxylic acid groups (broad SMARTS) is 1. The Morgan fingerprint density at radius 2 is 2.10 bits per heavy atom. The Labute approximate surface area is 124 Å². The zero-order valence-corrected chi connectivity index (χ0v) is 12.2. The van der Waals surface area contributed by atoms with E-state index in [9.17, 15) is 19.2 Å². The van der Waals surface area contributed by atoms with Gasteiger partial charge in [0, 0.05) is 12.8 Å². The highest BCUT2D eigenvalue weighted by Gasteiger charge is 2.50. The van der Waals surface area contributed by atoms with Crippen molar-refractivity contribution in [3.63, 3.8) is 0 Å². The van der Waals surface area contributed by atoms with Crippen LogP contribution < -0.4 is 11.5 Å². The van der Waals surface area contributed by atoms with E-state index in [-0.39, 0.29) is 25.7 Å². The van der Waals surface area contributed by atoms with Gasteiger partial charge in [0.15, 0.2) is 0 Å². The number of hydrogen-bond donors (Lipinski definition) is 3. The Morgan fingerprint density at radius 3 is 2.71 bits per heavy atom. The van der Waals surface area contributed by atoms with Crippen LogP contribution in [-0.4, -0.2) is 56.2 Å². The van der Waals surface area contributed by atoms with Crippen molar-refractivity contribution in [3.8, 4) is 0 Å². The molecule has 0 radical (unpaired) electrons. The zero-order valence-electron chi connectivity index (χ0n) is 11.0. The lowest BCUT2D eigenvalue weighted by Crippen LogP contribution is -2.43. The molecule has 0 aromatic carbocycles. The van der Waals surface area contributed by atoms with Crippen molar-refractivity contribution in [2.24, 2.45) is 11.5 Å². The van der Waals surface area contributed by atoms with Gasteiger partial charge in [0.2, 0.25) is 0 Å². The Morgan fingerprint density at radius 1 is 1.43 bits per heavy atom. The van der Waals surface area contributed by atoms with E-state index in [1.807, 2.05) is 0 Å². The molecule has 0 saturated carbocycles. The fraction of sp³-hybridized carbons (Fsp3) is 0.600. The van der Waals surface area contributed by atoms with Crippen LogP contribution in [0.15, 0.2) is 0 Å². The number of carbonyl (C=O) groups excluding carboxylic acids is 3. The minimum absolute atomic E-state index is 0.0821. The maximum absolute atomic E-state index is 11.5. The summed E-state index contributed by atoms with van der Waals surface area (Å²) in [5.74, 6) is -3.60. The second-order valence-corrected chi connectivity index (χ2v) is 5.62. The first-order chi connectivity index (χ1) is 9.79. The average molecular weight is 318 g/mol. The summed E-state index contributed by atoms with van der Waals surface area (Å²) in [5.41, 5.74) is 10.7. The largest absolute Gasteiger partial charge is 1.20 e. The molecule has 0 aromatic heterocycles. The van der Waals surface area contributed by atoms with Crippen molar-refractivity contribution in [1.29, 1.82) is 0 Å². The summed E-state index contributed by atoms with van der Waals surface area (Å²) >= 11 is -3.32. The summed E-state index contributed by atoms with van der Waals surface area (Å²) in [6.07, 6.45) is -0.462. The monoisotopic (exact) mass is 318 g/mol. The topological polar surface area (TPSA) is 168 Å². The molecule has 0 spiro atoms. The van der Waals surface area contributed by atoms with E-state index >= 15 is 0 Å². The highest BCUT2D eigenvalue weighted by molar-refractivity contribution is 6.44. The van der Waals surface area contributed by atoms with Gasteiger partial charge in [-0.2, -0.15) is 0 Å². The number of aliphatic carboxylic acids is 1. The summed E-state index contributed by atoms with van der Waals surface area (Å²) in [4.78, 5) is 44.7. The van der Waals surface area contributed by atoms with E-state index in [2.05, 4.69) is 0 Å². The molecule has 116 valence electrons. The Bertz CT molecular complexity index is 443. The Balaban J connectivity index is 2.50. The van der Waals surface area contributed by atoms with Crippen molar-refractivity contribution >= 4 is 39.0 Å². The maximum atomic E-state index is 11.5. The third-order valence-corrected chi connectivity index (χ3v) is 3.94. The van der Waals surface area contributed by atoms with Crippen LogP contribution >= 0.6 is 0 Å². The highest BCUT2D eigenvalue weighted by Crippen LogP contribution is 2.09. The first-order valence-corrected chi connectivity index (χ1v) is 7.54. The van der Waals surface area contributed by atoms with Gasteiger partial charge >= 0.3 is 21.1 Å². The van der Waals surface area contributed by atoms with E-state index in [1.165, 1.54) is 0 Å². The molecular weight excluding hydrogens is 303 g/mol. The molecule has 1 fully saturated rings. The van der Waals surface area contributed by atoms with E-state index in [4.69, 9.17) is 27.9 Å². The van der Waals surface area contributed by atoms with Crippen molar-refractivity contribution in [2.45, 2.75) is 37.8 Å². The molecule has 2 atom stereocenters. The maximum Gasteiger partial charge on any atom is 1.20 e. The quantitative estimate of drug-likeness (QED) is 0.478. The molecular formula is C10H15AlN2O8. The zero-order chi connectivity index (χ0) is 16.0. The van der Waals surface area contributed by atoms with Crippen LogP contribution in [0.1, 0.15) is 25.7 Å². The van der Waals surface area contributed by atoms with Crippen molar-refractivity contribution in [1.82, 2.24) is 0 Å². The van der Waals surface area contributed by atoms with Gasteiger partial charge in [0.1, 0.15) is 12.1 Å². The van der Waals surface area contributed by atoms with Gasteiger partial charge in [0.05, 0.1) is 0 Å². The highest BCUT2D eigenvalue weighted by atomic mass is 27.3. The first kappa shape index (κ1) is 17.4. The summed E-state index contributed by atoms with van der Waals surface area (Å²) in [6.45, 7) is 0. The van der Waals surface area contributed by atoms with E-state index < -0.39 is 51.1 Å². The SMILES string of the molecule is N[C@@H](CCC(=O)[O][Al]1[O]C(=O)CC[C@H](N)C(=O)[O]1)C(=O)O. The van der Waals surface area contributed by atoms with Gasteiger partial charge in [-0.1, -0.05) is 0 Å². The molecule has 0 aliphatic carbocycles. The summed E-state index contributed by atoms with van der Waals surface area (Å²) < 4.78 is 14.2. The van der Waals surface area contributed by atoms with Gasteiger partial charge < -0.3 is 27.9 Å². The van der Waals surface area contributed by atoms with Gasteiger partial charge in [-0.25, -0.2) is 0 Å². The molecule has 1 rings (SSSR count). The van der Waals surface area contributed by atoms with Crippen LogP contribution in [0.2, 0.25) is 0 Å². The molecule has 0 unspecified atom stereocenters. The molecule has 1 aliphatic rings. The lowest BCUT2D eigenvalue weighted by Gasteiger charge is -2.19. The van der Waals surface area contributed by atoms with E-state index in [1.54, 1.807) is 0 Å². The number of carbonyl (C=O) groups is 4. The summed E-state index contributed by atoms with van der Waals surface area (Å²) in [6, 6.07) is -2.19. The van der Waals surface area contributed by atoms with Gasteiger partial charge in [0.25, 0.3) is 17.9 Å². The lowest BCUT2D eigenvalue weighted by atomic mass is 10.2. The van der Waals surface area contributed by atoms with Gasteiger partial charge in [-0.05, 0) is 12.8 Å². The van der Waals surface area contributed by atoms with Crippen LogP contribution in [0.4, 0.5) is 0 Å². The van der Waals surface area contributed by atoms with Crippen molar-refractivity contribution < 1.29 is 35.7 Å². The van der Waals surface area contributed by atoms with Gasteiger partial charge in [-0.15, -0.1) is 0 Å². The molecule has 0 aromatic rings. The smallest absolute Gasteiger partial charge is 0.551 e. The van der Waals surface area contributed by atoms with Crippen LogP contribution in [0.5, 0.6) is 0 Å². The number of hydrogen-bond acceptors (Lipinski definition) is 9. The molecule has 1 saturated heterocycles. The Kier molecular flexibility index (Phi) is 6.57. The van der Waals surface area contributed by atoms with E-state index in [0.717, 1.165) is 0 Å². The van der Waals surface area contributed by atoms with Crippen LogP contribution in [0.3, 0.4) is 0 Å². The minimum atomic E-state index is -3.32. The third-order valence-electron chi connectivity index (χ3n) is 2.61. The van der Waals surface area contributed by atoms with E-state index in [0.29, 0.717) is 0 Å². The minimum Gasteiger partial charge on any atom is -0.551 e. The molecule has 11 heteroatoms. The second-order valence-electron chi connectivity index (χ2n) is 4.33. The number of carboxylic acids is 1. The summed E-state index contributed by atoms with van der Waals surface area (Å²) in [5, 5.41) is 8.56. The van der Waals surface area contributed by atoms with Crippen molar-refractivity contribution in [3.05, 3.63) is 0 Å². The fourth-order valence-electron chi connectivity index (χ4n) is 1.37. The molecule has 0 bridgehead atoms. The second kappa shape index (κ2) is 7.94. The number of nitrogens with two attached hydrogens (primary N) is 2. The first-order valence-electron chi connectivity index (χ1n) is 6.13. The molecule has 5 N–H and O–H groups in total. The van der Waals surface area contributed by atoms with Crippen LogP contribution in [0.25, 0.3) is 0 Å². The predicted molar refractivity (Wildman–Crippen MR) is 66.1 cm³/mol. The Hall–Kier alpha value is -1.67. The van der Waals surface area contributed by atoms with Crippen LogP contribution in [0, 0.1) is 0 Å². The molecule has 1 heterocycles. The lowest BCUT2D eigenvalue weighted by molar-refractivity contribution is -0.150. The predicted octanol–water partition coefficient (Wildman–Crippen LogP) is -2.09. The normalized spacial score (nSPS) is 20.7.